The molecule has 1 aliphatic rings. The van der Waals surface area contributed by atoms with Crippen LogP contribution in [-0.4, -0.2) is 65.9 Å². The van der Waals surface area contributed by atoms with Crippen molar-refractivity contribution >= 4 is 27.7 Å². The number of aldehydes is 1. The maximum absolute atomic E-state index is 11.5. The van der Waals surface area contributed by atoms with E-state index in [1.54, 1.807) is 0 Å². The molecule has 2 aromatic heterocycles. The number of aliphatic hydroxyl groups excluding tert-OH is 1. The van der Waals surface area contributed by atoms with E-state index >= 15 is 0 Å². The number of likely N-dealkylation sites (tertiary alicyclic amines) is 1. The van der Waals surface area contributed by atoms with Gasteiger partial charge in [-0.3, -0.25) is 9.69 Å². The van der Waals surface area contributed by atoms with E-state index in [-0.39, 0.29) is 6.04 Å². The number of pyridine rings is 1. The van der Waals surface area contributed by atoms with Gasteiger partial charge < -0.3 is 14.4 Å². The molecule has 0 bridgehead atoms. The Morgan fingerprint density at radius 2 is 1.88 bits per heavy atom. The summed E-state index contributed by atoms with van der Waals surface area (Å²) in [5, 5.41) is 7.00. The van der Waals surface area contributed by atoms with Crippen molar-refractivity contribution in [2.24, 2.45) is 0 Å². The van der Waals surface area contributed by atoms with Crippen LogP contribution in [0.2, 0.25) is 0 Å². The standard InChI is InChI=1S/C19H26BrN3O.CH4O/c1-13-15(12-24)9-18-10-16(20)11-23(18)19(13)14(2)22-7-5-17(6-8-22)21(3)4;1-2/h9-12,14,17H,5-8H2,1-4H3;2H,1H3. The maximum atomic E-state index is 11.5. The minimum atomic E-state index is 0.287. The molecule has 6 heteroatoms. The van der Waals surface area contributed by atoms with E-state index in [1.165, 1.54) is 18.5 Å². The molecule has 0 amide bonds. The Balaban J connectivity index is 0.00000117. The van der Waals surface area contributed by atoms with Crippen molar-refractivity contribution in [3.8, 4) is 0 Å². The summed E-state index contributed by atoms with van der Waals surface area (Å²) in [4.78, 5) is 16.4. The fourth-order valence-electron chi connectivity index (χ4n) is 3.96. The summed E-state index contributed by atoms with van der Waals surface area (Å²) in [5.41, 5.74) is 4.17. The topological polar surface area (TPSA) is 48.2 Å². The van der Waals surface area contributed by atoms with E-state index in [2.05, 4.69) is 70.3 Å². The molecule has 0 spiro atoms. The lowest BCUT2D eigenvalue weighted by atomic mass is 9.98. The largest absolute Gasteiger partial charge is 0.400 e. The summed E-state index contributed by atoms with van der Waals surface area (Å²) in [6.07, 6.45) is 5.48. The van der Waals surface area contributed by atoms with Crippen LogP contribution < -0.4 is 0 Å². The first-order valence-corrected chi connectivity index (χ1v) is 9.83. The fourth-order valence-corrected chi connectivity index (χ4v) is 4.40. The van der Waals surface area contributed by atoms with Gasteiger partial charge in [-0.2, -0.15) is 0 Å². The summed E-state index contributed by atoms with van der Waals surface area (Å²) in [5.74, 6) is 0. The van der Waals surface area contributed by atoms with Crippen molar-refractivity contribution in [1.29, 1.82) is 0 Å². The van der Waals surface area contributed by atoms with Crippen LogP contribution in [0.5, 0.6) is 0 Å². The van der Waals surface area contributed by atoms with Crippen molar-refractivity contribution in [3.63, 3.8) is 0 Å². The average molecular weight is 424 g/mol. The molecule has 1 aliphatic heterocycles. The van der Waals surface area contributed by atoms with E-state index in [0.717, 1.165) is 47.6 Å². The predicted molar refractivity (Wildman–Crippen MR) is 110 cm³/mol. The molecule has 144 valence electrons. The van der Waals surface area contributed by atoms with Crippen LogP contribution >= 0.6 is 15.9 Å². The summed E-state index contributed by atoms with van der Waals surface area (Å²) >= 11 is 3.57. The maximum Gasteiger partial charge on any atom is 0.150 e. The summed E-state index contributed by atoms with van der Waals surface area (Å²) in [6, 6.07) is 5.01. The Morgan fingerprint density at radius 1 is 1.27 bits per heavy atom. The number of fused-ring (bicyclic) bond motifs is 1. The number of rotatable bonds is 4. The Labute approximate surface area is 164 Å². The number of hydrogen-bond donors (Lipinski definition) is 1. The lowest BCUT2D eigenvalue weighted by Gasteiger charge is -2.39. The van der Waals surface area contributed by atoms with Gasteiger partial charge in [0.05, 0.1) is 0 Å². The molecule has 0 saturated carbocycles. The van der Waals surface area contributed by atoms with Gasteiger partial charge in [0, 0.05) is 59.7 Å². The SMILES string of the molecule is CO.Cc1c(C=O)cc2cc(Br)cn2c1C(C)N1CCC(N(C)C)CC1. The highest BCUT2D eigenvalue weighted by Crippen LogP contribution is 2.31. The lowest BCUT2D eigenvalue weighted by molar-refractivity contribution is 0.111. The molecule has 3 heterocycles. The molecule has 1 saturated heterocycles. The molecule has 0 aliphatic carbocycles. The van der Waals surface area contributed by atoms with Crippen LogP contribution in [0.15, 0.2) is 22.8 Å². The third-order valence-electron chi connectivity index (χ3n) is 5.50. The highest BCUT2D eigenvalue weighted by molar-refractivity contribution is 9.10. The second-order valence-corrected chi connectivity index (χ2v) is 8.00. The van der Waals surface area contributed by atoms with Gasteiger partial charge in [0.25, 0.3) is 0 Å². The number of nitrogens with zero attached hydrogens (tertiary/aromatic N) is 3. The zero-order chi connectivity index (χ0) is 19.4. The van der Waals surface area contributed by atoms with Gasteiger partial charge in [0.15, 0.2) is 0 Å². The smallest absolute Gasteiger partial charge is 0.150 e. The monoisotopic (exact) mass is 423 g/mol. The summed E-state index contributed by atoms with van der Waals surface area (Å²) < 4.78 is 3.28. The molecule has 5 nitrogen and oxygen atoms in total. The molecule has 3 rings (SSSR count). The Kier molecular flexibility index (Phi) is 7.41. The van der Waals surface area contributed by atoms with Crippen LogP contribution in [-0.2, 0) is 0 Å². The minimum Gasteiger partial charge on any atom is -0.400 e. The van der Waals surface area contributed by atoms with Crippen molar-refractivity contribution in [1.82, 2.24) is 14.2 Å². The van der Waals surface area contributed by atoms with Gasteiger partial charge in [-0.05, 0) is 74.4 Å². The molecule has 1 N–H and O–H groups in total. The molecule has 1 unspecified atom stereocenters. The zero-order valence-corrected chi connectivity index (χ0v) is 18.0. The summed E-state index contributed by atoms with van der Waals surface area (Å²) in [7, 11) is 5.34. The van der Waals surface area contributed by atoms with E-state index in [4.69, 9.17) is 5.11 Å². The number of piperidine rings is 1. The Hall–Kier alpha value is -1.21. The van der Waals surface area contributed by atoms with Gasteiger partial charge in [0.1, 0.15) is 6.29 Å². The quantitative estimate of drug-likeness (QED) is 0.764. The average Bonchev–Trinajstić information content (AvgIpc) is 3.02. The van der Waals surface area contributed by atoms with Gasteiger partial charge in [-0.25, -0.2) is 0 Å². The van der Waals surface area contributed by atoms with Crippen molar-refractivity contribution in [2.45, 2.75) is 38.8 Å². The highest BCUT2D eigenvalue weighted by atomic mass is 79.9. The normalized spacial score (nSPS) is 17.2. The first-order chi connectivity index (χ1) is 12.4. The van der Waals surface area contributed by atoms with E-state index in [1.807, 2.05) is 6.07 Å². The predicted octanol–water partition coefficient (Wildman–Crippen LogP) is 3.52. The van der Waals surface area contributed by atoms with Crippen LogP contribution in [0.3, 0.4) is 0 Å². The number of aliphatic hydroxyl groups is 1. The number of aromatic nitrogens is 1. The number of carbonyl (C=O) groups is 1. The second kappa shape index (κ2) is 9.13. The molecule has 0 aromatic carbocycles. The molecular formula is C20H30BrN3O2. The fraction of sp³-hybridized carbons (Fsp3) is 0.550. The van der Waals surface area contributed by atoms with Gasteiger partial charge in [-0.15, -0.1) is 0 Å². The Bertz CT molecular complexity index is 749. The molecule has 1 atom stereocenters. The third-order valence-corrected chi connectivity index (χ3v) is 5.93. The Morgan fingerprint density at radius 3 is 2.42 bits per heavy atom. The number of halogens is 1. The highest BCUT2D eigenvalue weighted by Gasteiger charge is 2.27. The zero-order valence-electron chi connectivity index (χ0n) is 16.4. The summed E-state index contributed by atoms with van der Waals surface area (Å²) in [6.45, 7) is 6.52. The van der Waals surface area contributed by atoms with Crippen molar-refractivity contribution < 1.29 is 9.90 Å². The lowest BCUT2D eigenvalue weighted by Crippen LogP contribution is -2.43. The van der Waals surface area contributed by atoms with Gasteiger partial charge in [0.2, 0.25) is 0 Å². The number of hydrogen-bond acceptors (Lipinski definition) is 4. The van der Waals surface area contributed by atoms with Gasteiger partial charge >= 0.3 is 0 Å². The van der Waals surface area contributed by atoms with Crippen LogP contribution in [0, 0.1) is 6.92 Å². The van der Waals surface area contributed by atoms with Crippen LogP contribution in [0.1, 0.15) is 47.4 Å². The third kappa shape index (κ3) is 4.19. The molecule has 26 heavy (non-hydrogen) atoms. The van der Waals surface area contributed by atoms with Crippen LogP contribution in [0.4, 0.5) is 0 Å². The molecule has 2 aromatic rings. The van der Waals surface area contributed by atoms with E-state index < -0.39 is 0 Å². The van der Waals surface area contributed by atoms with Gasteiger partial charge in [-0.1, -0.05) is 0 Å². The van der Waals surface area contributed by atoms with Crippen molar-refractivity contribution in [2.75, 3.05) is 34.3 Å². The second-order valence-electron chi connectivity index (χ2n) is 7.09. The van der Waals surface area contributed by atoms with Crippen molar-refractivity contribution in [3.05, 3.63) is 39.6 Å². The van der Waals surface area contributed by atoms with E-state index in [0.29, 0.717) is 6.04 Å². The molecule has 0 radical (unpaired) electrons. The minimum absolute atomic E-state index is 0.287. The number of carbonyl (C=O) groups excluding carboxylic acids is 1. The first kappa shape index (κ1) is 21.1. The van der Waals surface area contributed by atoms with Crippen LogP contribution in [0.25, 0.3) is 5.52 Å². The van der Waals surface area contributed by atoms with E-state index in [9.17, 15) is 4.79 Å². The molecule has 1 fully saturated rings. The first-order valence-electron chi connectivity index (χ1n) is 9.04. The molecular weight excluding hydrogens is 394 g/mol.